The molecule has 10 nitrogen and oxygen atoms in total. The summed E-state index contributed by atoms with van der Waals surface area (Å²) in [6.45, 7) is 1.23. The first-order valence-electron chi connectivity index (χ1n) is 8.65. The molecule has 2 rings (SSSR count). The molecule has 0 saturated carbocycles. The minimum absolute atomic E-state index is 0.0183. The van der Waals surface area contributed by atoms with Gasteiger partial charge in [-0.15, -0.1) is 0 Å². The van der Waals surface area contributed by atoms with Gasteiger partial charge in [0.25, 0.3) is 0 Å². The normalized spacial score (nSPS) is 29.4. The second kappa shape index (κ2) is 9.40. The van der Waals surface area contributed by atoms with Crippen LogP contribution in [0.4, 0.5) is 0 Å². The van der Waals surface area contributed by atoms with Crippen molar-refractivity contribution in [3.8, 4) is 0 Å². The van der Waals surface area contributed by atoms with Gasteiger partial charge in [0.15, 0.2) is 11.7 Å². The summed E-state index contributed by atoms with van der Waals surface area (Å²) in [5.74, 6) is -1.17. The first kappa shape index (κ1) is 21.5. The number of H-pyrrole nitrogens is 1. The number of nitrogens with one attached hydrogen (secondary N) is 1. The molecule has 2 heterocycles. The molecule has 0 unspecified atom stereocenters. The predicted octanol–water partition coefficient (Wildman–Crippen LogP) is -1.86. The molecule has 1 saturated heterocycles. The molecule has 1 aliphatic rings. The maximum absolute atomic E-state index is 11.7. The van der Waals surface area contributed by atoms with Gasteiger partial charge >= 0.3 is 5.97 Å². The Morgan fingerprint density at radius 1 is 1.22 bits per heavy atom. The zero-order chi connectivity index (χ0) is 20.1. The Kier molecular flexibility index (Phi) is 7.48. The first-order valence-corrected chi connectivity index (χ1v) is 8.65. The van der Waals surface area contributed by atoms with Gasteiger partial charge in [-0.05, 0) is 6.42 Å². The smallest absolute Gasteiger partial charge is 0.305 e. The van der Waals surface area contributed by atoms with Crippen molar-refractivity contribution in [1.82, 2.24) is 4.98 Å². The average Bonchev–Trinajstić information content (AvgIpc) is 2.61. The van der Waals surface area contributed by atoms with Crippen molar-refractivity contribution in [2.24, 2.45) is 0 Å². The van der Waals surface area contributed by atoms with E-state index in [-0.39, 0.29) is 11.8 Å². The predicted molar refractivity (Wildman–Crippen MR) is 91.0 cm³/mol. The van der Waals surface area contributed by atoms with E-state index in [1.54, 1.807) is 0 Å². The lowest BCUT2D eigenvalue weighted by molar-refractivity contribution is -0.311. The summed E-state index contributed by atoms with van der Waals surface area (Å²) in [6.07, 6.45) is -8.27. The maximum Gasteiger partial charge on any atom is 0.305 e. The van der Waals surface area contributed by atoms with E-state index in [0.29, 0.717) is 17.8 Å². The summed E-state index contributed by atoms with van der Waals surface area (Å²) < 4.78 is 10.8. The molecule has 1 fully saturated rings. The van der Waals surface area contributed by atoms with E-state index in [0.717, 1.165) is 0 Å². The SMILES string of the molecule is CCc1cc(=O)cc(C[C@H](CC(=O)O)O[C@@H]2O[C@H](CO)[C@@H](O)[C@H](O)[C@H]2O)[nH]1. The Balaban J connectivity index is 2.17. The zero-order valence-electron chi connectivity index (χ0n) is 14.8. The van der Waals surface area contributed by atoms with Crippen LogP contribution in [0.3, 0.4) is 0 Å². The number of carboxylic acid groups (broad SMARTS) is 1. The van der Waals surface area contributed by atoms with Gasteiger partial charge in [0.1, 0.15) is 24.4 Å². The number of aliphatic hydroxyl groups is 4. The number of carboxylic acids is 1. The number of aliphatic carboxylic acids is 1. The molecule has 0 aliphatic carbocycles. The van der Waals surface area contributed by atoms with E-state index in [9.17, 15) is 30.0 Å². The summed E-state index contributed by atoms with van der Waals surface area (Å²) in [5.41, 5.74) is 0.900. The molecule has 1 aromatic heterocycles. The number of pyridine rings is 1. The second-order valence-electron chi connectivity index (χ2n) is 6.48. The van der Waals surface area contributed by atoms with E-state index in [4.69, 9.17) is 14.6 Å². The number of aliphatic hydroxyl groups excluding tert-OH is 4. The van der Waals surface area contributed by atoms with Gasteiger partial charge in [0.05, 0.1) is 19.1 Å². The molecule has 0 bridgehead atoms. The van der Waals surface area contributed by atoms with Gasteiger partial charge in [-0.1, -0.05) is 6.92 Å². The fourth-order valence-electron chi connectivity index (χ4n) is 2.94. The number of rotatable bonds is 8. The fraction of sp³-hybridized carbons (Fsp3) is 0.647. The van der Waals surface area contributed by atoms with Crippen LogP contribution >= 0.6 is 0 Å². The third-order valence-corrected chi connectivity index (χ3v) is 4.36. The Morgan fingerprint density at radius 3 is 2.48 bits per heavy atom. The summed E-state index contributed by atoms with van der Waals surface area (Å²) >= 11 is 0. The highest BCUT2D eigenvalue weighted by molar-refractivity contribution is 5.67. The van der Waals surface area contributed by atoms with E-state index < -0.39 is 55.8 Å². The molecule has 0 spiro atoms. The fourth-order valence-corrected chi connectivity index (χ4v) is 2.94. The molecular formula is C17H25NO9. The third-order valence-electron chi connectivity index (χ3n) is 4.36. The third kappa shape index (κ3) is 5.58. The molecule has 1 aliphatic heterocycles. The number of hydrogen-bond acceptors (Lipinski definition) is 8. The van der Waals surface area contributed by atoms with Crippen molar-refractivity contribution in [2.45, 2.75) is 63.0 Å². The number of ether oxygens (including phenoxy) is 2. The highest BCUT2D eigenvalue weighted by atomic mass is 16.7. The van der Waals surface area contributed by atoms with Gasteiger partial charge in [0.2, 0.25) is 0 Å². The molecule has 27 heavy (non-hydrogen) atoms. The Hall–Kier alpha value is -1.82. The number of aromatic amines is 1. The zero-order valence-corrected chi connectivity index (χ0v) is 14.8. The van der Waals surface area contributed by atoms with Crippen molar-refractivity contribution >= 4 is 5.97 Å². The minimum atomic E-state index is -1.64. The maximum atomic E-state index is 11.7. The van der Waals surface area contributed by atoms with Gasteiger partial charge in [-0.25, -0.2) is 0 Å². The quantitative estimate of drug-likeness (QED) is 0.299. The van der Waals surface area contributed by atoms with Gasteiger partial charge in [-0.3, -0.25) is 9.59 Å². The van der Waals surface area contributed by atoms with Crippen LogP contribution in [0.15, 0.2) is 16.9 Å². The van der Waals surface area contributed by atoms with Gasteiger partial charge < -0.3 is 40.0 Å². The number of aryl methyl sites for hydroxylation is 1. The van der Waals surface area contributed by atoms with E-state index in [1.165, 1.54) is 12.1 Å². The van der Waals surface area contributed by atoms with Crippen molar-refractivity contribution in [2.75, 3.05) is 6.61 Å². The summed E-state index contributed by atoms with van der Waals surface area (Å²) in [5, 5.41) is 48.0. The van der Waals surface area contributed by atoms with Crippen molar-refractivity contribution < 1.29 is 39.8 Å². The van der Waals surface area contributed by atoms with Gasteiger partial charge in [-0.2, -0.15) is 0 Å². The molecule has 152 valence electrons. The number of carbonyl (C=O) groups is 1. The van der Waals surface area contributed by atoms with Crippen LogP contribution in [-0.4, -0.2) is 79.9 Å². The average molecular weight is 387 g/mol. The Labute approximate surface area is 155 Å². The van der Waals surface area contributed by atoms with Crippen molar-refractivity contribution in [3.05, 3.63) is 33.7 Å². The summed E-state index contributed by atoms with van der Waals surface area (Å²) in [4.78, 5) is 25.9. The first-order chi connectivity index (χ1) is 12.7. The van der Waals surface area contributed by atoms with Crippen LogP contribution in [0.25, 0.3) is 0 Å². The summed E-state index contributed by atoms with van der Waals surface area (Å²) in [6, 6.07) is 2.76. The molecule has 6 atom stereocenters. The molecule has 0 aromatic carbocycles. The molecular weight excluding hydrogens is 362 g/mol. The van der Waals surface area contributed by atoms with Crippen LogP contribution in [0.5, 0.6) is 0 Å². The number of aromatic nitrogens is 1. The lowest BCUT2D eigenvalue weighted by Gasteiger charge is -2.40. The van der Waals surface area contributed by atoms with Crippen molar-refractivity contribution in [3.63, 3.8) is 0 Å². The summed E-state index contributed by atoms with van der Waals surface area (Å²) in [7, 11) is 0. The lowest BCUT2D eigenvalue weighted by atomic mass is 9.99. The Morgan fingerprint density at radius 2 is 1.89 bits per heavy atom. The van der Waals surface area contributed by atoms with Crippen LogP contribution < -0.4 is 5.43 Å². The molecule has 10 heteroatoms. The van der Waals surface area contributed by atoms with Gasteiger partial charge in [0, 0.05) is 29.9 Å². The van der Waals surface area contributed by atoms with Crippen LogP contribution in [0.1, 0.15) is 24.7 Å². The van der Waals surface area contributed by atoms with E-state index >= 15 is 0 Å². The van der Waals surface area contributed by atoms with E-state index in [1.807, 2.05) is 6.92 Å². The second-order valence-corrected chi connectivity index (χ2v) is 6.48. The molecule has 1 aromatic rings. The standard InChI is InChI=1S/C17H25NO9/c1-2-8-3-10(20)4-9(18-8)5-11(6-13(21)22)26-17-16(25)15(24)14(23)12(7-19)27-17/h3-4,11-12,14-17,19,23-25H,2,5-7H2,1H3,(H,18,20)(H,21,22)/t11-,12-,14-,15+,16-,17-/m1/s1. The van der Waals surface area contributed by atoms with Crippen LogP contribution in [-0.2, 0) is 27.1 Å². The Bertz CT molecular complexity index is 689. The van der Waals surface area contributed by atoms with Crippen LogP contribution in [0, 0.1) is 0 Å². The minimum Gasteiger partial charge on any atom is -0.481 e. The molecule has 6 N–H and O–H groups in total. The largest absolute Gasteiger partial charge is 0.481 e. The van der Waals surface area contributed by atoms with Crippen molar-refractivity contribution in [1.29, 1.82) is 0 Å². The molecule has 0 radical (unpaired) electrons. The monoisotopic (exact) mass is 387 g/mol. The molecule has 0 amide bonds. The van der Waals surface area contributed by atoms with E-state index in [2.05, 4.69) is 4.98 Å². The van der Waals surface area contributed by atoms with Crippen LogP contribution in [0.2, 0.25) is 0 Å². The topological polar surface area (TPSA) is 170 Å². The lowest BCUT2D eigenvalue weighted by Crippen LogP contribution is -2.59. The number of hydrogen-bond donors (Lipinski definition) is 6. The highest BCUT2D eigenvalue weighted by Gasteiger charge is 2.44. The highest BCUT2D eigenvalue weighted by Crippen LogP contribution is 2.24.